The molecule has 5 nitrogen and oxygen atoms in total. The number of amides is 1. The van der Waals surface area contributed by atoms with Crippen LogP contribution in [-0.2, 0) is 6.54 Å². The molecule has 0 fully saturated rings. The number of anilines is 2. The van der Waals surface area contributed by atoms with Gasteiger partial charge in [0.25, 0.3) is 5.91 Å². The van der Waals surface area contributed by atoms with Crippen molar-refractivity contribution in [3.8, 4) is 11.4 Å². The van der Waals surface area contributed by atoms with Gasteiger partial charge in [-0.05, 0) is 42.0 Å². The topological polar surface area (TPSA) is 66.9 Å². The van der Waals surface area contributed by atoms with Crippen molar-refractivity contribution < 1.29 is 4.79 Å². The molecule has 3 aromatic carbocycles. The molecule has 6 heteroatoms. The van der Waals surface area contributed by atoms with E-state index in [1.54, 1.807) is 36.5 Å². The predicted octanol–water partition coefficient (Wildman–Crippen LogP) is 5.47. The number of nitrogens with one attached hydrogen (secondary N) is 2. The minimum absolute atomic E-state index is 0.152. The van der Waals surface area contributed by atoms with E-state index in [1.165, 1.54) is 0 Å². The number of carbonyl (C=O) groups is 1. The van der Waals surface area contributed by atoms with Crippen LogP contribution in [-0.4, -0.2) is 15.9 Å². The zero-order valence-electron chi connectivity index (χ0n) is 16.0. The van der Waals surface area contributed by atoms with Crippen molar-refractivity contribution in [2.75, 3.05) is 5.32 Å². The maximum atomic E-state index is 12.5. The van der Waals surface area contributed by atoms with E-state index >= 15 is 0 Å². The SMILES string of the molecule is O=C(NCc1ccc(Cl)cc1)c1cccc(Nc2ccnc(-c3ccccc3)n2)c1. The Bertz CT molecular complexity index is 1150. The monoisotopic (exact) mass is 414 g/mol. The maximum Gasteiger partial charge on any atom is 0.251 e. The third-order valence-electron chi connectivity index (χ3n) is 4.45. The molecule has 0 aliphatic carbocycles. The lowest BCUT2D eigenvalue weighted by molar-refractivity contribution is 0.0951. The number of aromatic nitrogens is 2. The van der Waals surface area contributed by atoms with Gasteiger partial charge in [0.15, 0.2) is 5.82 Å². The fourth-order valence-electron chi connectivity index (χ4n) is 2.93. The van der Waals surface area contributed by atoms with Crippen LogP contribution in [0.3, 0.4) is 0 Å². The average Bonchev–Trinajstić information content (AvgIpc) is 2.79. The molecule has 1 heterocycles. The van der Waals surface area contributed by atoms with Crippen LogP contribution in [0.4, 0.5) is 11.5 Å². The summed E-state index contributed by atoms with van der Waals surface area (Å²) in [7, 11) is 0. The third-order valence-corrected chi connectivity index (χ3v) is 4.70. The highest BCUT2D eigenvalue weighted by Gasteiger charge is 2.08. The maximum absolute atomic E-state index is 12.5. The lowest BCUT2D eigenvalue weighted by atomic mass is 10.1. The van der Waals surface area contributed by atoms with Crippen molar-refractivity contribution in [2.45, 2.75) is 6.54 Å². The molecule has 0 spiro atoms. The summed E-state index contributed by atoms with van der Waals surface area (Å²) in [6.45, 7) is 0.431. The molecule has 0 unspecified atom stereocenters. The second kappa shape index (κ2) is 9.20. The molecule has 2 N–H and O–H groups in total. The van der Waals surface area contributed by atoms with Gasteiger partial charge < -0.3 is 10.6 Å². The van der Waals surface area contributed by atoms with Crippen LogP contribution in [0.25, 0.3) is 11.4 Å². The second-order valence-electron chi connectivity index (χ2n) is 6.65. The molecule has 0 bridgehead atoms. The highest BCUT2D eigenvalue weighted by atomic mass is 35.5. The molecule has 0 saturated heterocycles. The molecule has 4 aromatic rings. The van der Waals surface area contributed by atoms with Gasteiger partial charge in [0, 0.05) is 34.6 Å². The van der Waals surface area contributed by atoms with E-state index in [0.29, 0.717) is 28.8 Å². The standard InChI is InChI=1S/C24H19ClN4O/c25-20-11-9-17(10-12-20)16-27-24(30)19-7-4-8-21(15-19)28-22-13-14-26-23(29-22)18-5-2-1-3-6-18/h1-15H,16H2,(H,27,30)(H,26,28,29). The molecule has 0 saturated carbocycles. The molecule has 148 valence electrons. The largest absolute Gasteiger partial charge is 0.348 e. The minimum Gasteiger partial charge on any atom is -0.348 e. The Hall–Kier alpha value is -3.70. The van der Waals surface area contributed by atoms with Crippen LogP contribution < -0.4 is 10.6 Å². The molecule has 0 aliphatic rings. The predicted molar refractivity (Wildman–Crippen MR) is 120 cm³/mol. The first-order valence-corrected chi connectivity index (χ1v) is 9.83. The third kappa shape index (κ3) is 5.01. The normalized spacial score (nSPS) is 10.4. The van der Waals surface area contributed by atoms with E-state index < -0.39 is 0 Å². The molecular weight excluding hydrogens is 396 g/mol. The van der Waals surface area contributed by atoms with Crippen molar-refractivity contribution >= 4 is 29.0 Å². The highest BCUT2D eigenvalue weighted by Crippen LogP contribution is 2.20. The van der Waals surface area contributed by atoms with Gasteiger partial charge in [0.05, 0.1) is 0 Å². The van der Waals surface area contributed by atoms with Crippen molar-refractivity contribution in [1.82, 2.24) is 15.3 Å². The van der Waals surface area contributed by atoms with Gasteiger partial charge in [-0.3, -0.25) is 4.79 Å². The number of benzene rings is 3. The summed E-state index contributed by atoms with van der Waals surface area (Å²) in [5.41, 5.74) is 3.26. The van der Waals surface area contributed by atoms with Crippen LogP contribution in [0.1, 0.15) is 15.9 Å². The first kappa shape index (κ1) is 19.6. The van der Waals surface area contributed by atoms with E-state index in [0.717, 1.165) is 16.8 Å². The van der Waals surface area contributed by atoms with Crippen LogP contribution in [0.15, 0.2) is 91.1 Å². The summed E-state index contributed by atoms with van der Waals surface area (Å²) >= 11 is 5.90. The van der Waals surface area contributed by atoms with E-state index in [4.69, 9.17) is 11.6 Å². The fraction of sp³-hybridized carbons (Fsp3) is 0.0417. The number of hydrogen-bond acceptors (Lipinski definition) is 4. The molecule has 4 rings (SSSR count). The van der Waals surface area contributed by atoms with E-state index in [2.05, 4.69) is 20.6 Å². The molecule has 30 heavy (non-hydrogen) atoms. The van der Waals surface area contributed by atoms with Gasteiger partial charge in [-0.15, -0.1) is 0 Å². The van der Waals surface area contributed by atoms with Gasteiger partial charge in [-0.2, -0.15) is 0 Å². The summed E-state index contributed by atoms with van der Waals surface area (Å²) in [5, 5.41) is 6.83. The van der Waals surface area contributed by atoms with Crippen molar-refractivity contribution in [3.05, 3.63) is 107 Å². The summed E-state index contributed by atoms with van der Waals surface area (Å²) < 4.78 is 0. The lowest BCUT2D eigenvalue weighted by Gasteiger charge is -2.10. The van der Waals surface area contributed by atoms with Crippen molar-refractivity contribution in [2.24, 2.45) is 0 Å². The Labute approximate surface area is 179 Å². The second-order valence-corrected chi connectivity index (χ2v) is 7.08. The number of halogens is 1. The Morgan fingerprint density at radius 1 is 0.900 bits per heavy atom. The smallest absolute Gasteiger partial charge is 0.251 e. The number of hydrogen-bond donors (Lipinski definition) is 2. The molecule has 1 amide bonds. The Morgan fingerprint density at radius 2 is 1.70 bits per heavy atom. The van der Waals surface area contributed by atoms with E-state index in [1.807, 2.05) is 54.6 Å². The first-order valence-electron chi connectivity index (χ1n) is 9.45. The number of carbonyl (C=O) groups excluding carboxylic acids is 1. The van der Waals surface area contributed by atoms with Crippen molar-refractivity contribution in [1.29, 1.82) is 0 Å². The summed E-state index contributed by atoms with van der Waals surface area (Å²) in [5.74, 6) is 1.14. The van der Waals surface area contributed by atoms with Crippen LogP contribution in [0.5, 0.6) is 0 Å². The van der Waals surface area contributed by atoms with Gasteiger partial charge in [-0.1, -0.05) is 60.1 Å². The van der Waals surface area contributed by atoms with Crippen LogP contribution in [0, 0.1) is 0 Å². The molecule has 1 aromatic heterocycles. The highest BCUT2D eigenvalue weighted by molar-refractivity contribution is 6.30. The average molecular weight is 415 g/mol. The molecule has 0 radical (unpaired) electrons. The summed E-state index contributed by atoms with van der Waals surface area (Å²) in [4.78, 5) is 21.4. The first-order chi connectivity index (χ1) is 14.7. The van der Waals surface area contributed by atoms with Gasteiger partial charge in [0.1, 0.15) is 5.82 Å². The van der Waals surface area contributed by atoms with Crippen LogP contribution in [0.2, 0.25) is 5.02 Å². The van der Waals surface area contributed by atoms with E-state index in [-0.39, 0.29) is 5.91 Å². The lowest BCUT2D eigenvalue weighted by Crippen LogP contribution is -2.22. The van der Waals surface area contributed by atoms with Crippen molar-refractivity contribution in [3.63, 3.8) is 0 Å². The van der Waals surface area contributed by atoms with Gasteiger partial charge >= 0.3 is 0 Å². The quantitative estimate of drug-likeness (QED) is 0.439. The zero-order valence-corrected chi connectivity index (χ0v) is 16.8. The summed E-state index contributed by atoms with van der Waals surface area (Å²) in [6, 6.07) is 26.2. The molecule has 0 atom stereocenters. The number of nitrogens with zero attached hydrogens (tertiary/aromatic N) is 2. The fourth-order valence-corrected chi connectivity index (χ4v) is 3.05. The molecular formula is C24H19ClN4O. The molecule has 0 aliphatic heterocycles. The Balaban J connectivity index is 1.44. The minimum atomic E-state index is -0.152. The Morgan fingerprint density at radius 3 is 2.50 bits per heavy atom. The summed E-state index contributed by atoms with van der Waals surface area (Å²) in [6.07, 6.45) is 1.71. The van der Waals surface area contributed by atoms with Crippen LogP contribution >= 0.6 is 11.6 Å². The van der Waals surface area contributed by atoms with Gasteiger partial charge in [-0.25, -0.2) is 9.97 Å². The zero-order chi connectivity index (χ0) is 20.8. The van der Waals surface area contributed by atoms with Gasteiger partial charge in [0.2, 0.25) is 0 Å². The van der Waals surface area contributed by atoms with E-state index in [9.17, 15) is 4.79 Å². The Kier molecular flexibility index (Phi) is 6.01. The number of rotatable bonds is 6.